The summed E-state index contributed by atoms with van der Waals surface area (Å²) in [7, 11) is 0. The van der Waals surface area contributed by atoms with E-state index in [1.807, 2.05) is 0 Å². The van der Waals surface area contributed by atoms with E-state index in [4.69, 9.17) is 5.73 Å². The maximum absolute atomic E-state index is 5.62. The Labute approximate surface area is 75.1 Å². The average Bonchev–Trinajstić information content (AvgIpc) is 2.53. The molecule has 70 valence electrons. The van der Waals surface area contributed by atoms with Gasteiger partial charge in [0.25, 0.3) is 0 Å². The summed E-state index contributed by atoms with van der Waals surface area (Å²) in [5.74, 6) is 0.922. The van der Waals surface area contributed by atoms with Crippen LogP contribution in [0.3, 0.4) is 0 Å². The Bertz CT molecular complexity index is 145. The van der Waals surface area contributed by atoms with E-state index < -0.39 is 0 Å². The van der Waals surface area contributed by atoms with E-state index in [2.05, 4.69) is 4.90 Å². The minimum Gasteiger partial charge on any atom is -0.330 e. The minimum absolute atomic E-state index is 0.884. The largest absolute Gasteiger partial charge is 0.330 e. The molecule has 2 aliphatic heterocycles. The Morgan fingerprint density at radius 3 is 2.67 bits per heavy atom. The molecule has 2 rings (SSSR count). The fourth-order valence-corrected chi connectivity index (χ4v) is 2.96. The number of hydrogen-bond donors (Lipinski definition) is 1. The summed E-state index contributed by atoms with van der Waals surface area (Å²) in [4.78, 5) is 2.68. The molecule has 0 radical (unpaired) electrons. The second kappa shape index (κ2) is 3.75. The average molecular weight is 168 g/mol. The van der Waals surface area contributed by atoms with E-state index in [0.717, 1.165) is 18.5 Å². The first kappa shape index (κ1) is 8.52. The van der Waals surface area contributed by atoms with Gasteiger partial charge in [-0.25, -0.2) is 0 Å². The Kier molecular flexibility index (Phi) is 2.66. The molecule has 0 bridgehead atoms. The first-order valence-electron chi connectivity index (χ1n) is 5.36. The molecule has 0 saturated carbocycles. The van der Waals surface area contributed by atoms with Gasteiger partial charge in [-0.15, -0.1) is 0 Å². The molecule has 2 N–H and O–H groups in total. The van der Waals surface area contributed by atoms with E-state index in [-0.39, 0.29) is 0 Å². The quantitative estimate of drug-likeness (QED) is 0.671. The lowest BCUT2D eigenvalue weighted by atomic mass is 9.87. The predicted octanol–water partition coefficient (Wildman–Crippen LogP) is 1.21. The van der Waals surface area contributed by atoms with Crippen LogP contribution in [0.2, 0.25) is 0 Å². The van der Waals surface area contributed by atoms with Crippen molar-refractivity contribution < 1.29 is 0 Å². The van der Waals surface area contributed by atoms with Crippen molar-refractivity contribution in [2.24, 2.45) is 11.7 Å². The Morgan fingerprint density at radius 2 is 1.92 bits per heavy atom. The SMILES string of the molecule is NCCC1CCCN2CCCC12. The van der Waals surface area contributed by atoms with Gasteiger partial charge < -0.3 is 10.6 Å². The Morgan fingerprint density at radius 1 is 1.17 bits per heavy atom. The second-order valence-corrected chi connectivity index (χ2v) is 4.23. The number of nitrogens with zero attached hydrogens (tertiary/aromatic N) is 1. The van der Waals surface area contributed by atoms with E-state index in [1.54, 1.807) is 0 Å². The topological polar surface area (TPSA) is 29.3 Å². The zero-order chi connectivity index (χ0) is 8.39. The molecule has 0 aliphatic carbocycles. The molecule has 2 atom stereocenters. The molecule has 0 spiro atoms. The van der Waals surface area contributed by atoms with E-state index in [9.17, 15) is 0 Å². The highest BCUT2D eigenvalue weighted by Gasteiger charge is 2.33. The normalized spacial score (nSPS) is 36.8. The van der Waals surface area contributed by atoms with E-state index in [0.29, 0.717) is 0 Å². The molecular formula is C10H20N2. The van der Waals surface area contributed by atoms with Crippen LogP contribution in [0.5, 0.6) is 0 Å². The fraction of sp³-hybridized carbons (Fsp3) is 1.00. The number of rotatable bonds is 2. The molecule has 0 amide bonds. The molecule has 2 heterocycles. The highest BCUT2D eigenvalue weighted by molar-refractivity contribution is 4.88. The summed E-state index contributed by atoms with van der Waals surface area (Å²) < 4.78 is 0. The number of hydrogen-bond acceptors (Lipinski definition) is 2. The molecule has 2 nitrogen and oxygen atoms in total. The van der Waals surface area contributed by atoms with Crippen molar-refractivity contribution in [3.63, 3.8) is 0 Å². The van der Waals surface area contributed by atoms with Gasteiger partial charge in [0, 0.05) is 6.04 Å². The van der Waals surface area contributed by atoms with Gasteiger partial charge in [-0.05, 0) is 57.7 Å². The fourth-order valence-electron chi connectivity index (χ4n) is 2.96. The Hall–Kier alpha value is -0.0800. The molecule has 2 fully saturated rings. The highest BCUT2D eigenvalue weighted by Crippen LogP contribution is 2.32. The van der Waals surface area contributed by atoms with Gasteiger partial charge in [-0.1, -0.05) is 0 Å². The van der Waals surface area contributed by atoms with Crippen LogP contribution in [0.4, 0.5) is 0 Å². The Balaban J connectivity index is 1.94. The third kappa shape index (κ3) is 1.50. The van der Waals surface area contributed by atoms with Crippen LogP contribution in [0.15, 0.2) is 0 Å². The van der Waals surface area contributed by atoms with Gasteiger partial charge >= 0.3 is 0 Å². The zero-order valence-corrected chi connectivity index (χ0v) is 7.84. The van der Waals surface area contributed by atoms with Crippen LogP contribution < -0.4 is 5.73 Å². The summed E-state index contributed by atoms with van der Waals surface area (Å²) in [5.41, 5.74) is 5.62. The smallest absolute Gasteiger partial charge is 0.0124 e. The van der Waals surface area contributed by atoms with Gasteiger partial charge in [-0.2, -0.15) is 0 Å². The zero-order valence-electron chi connectivity index (χ0n) is 7.84. The van der Waals surface area contributed by atoms with E-state index >= 15 is 0 Å². The van der Waals surface area contributed by atoms with Crippen LogP contribution in [0.25, 0.3) is 0 Å². The van der Waals surface area contributed by atoms with Crippen molar-refractivity contribution in [1.29, 1.82) is 0 Å². The molecular weight excluding hydrogens is 148 g/mol. The molecule has 2 heteroatoms. The van der Waals surface area contributed by atoms with Gasteiger partial charge in [0.15, 0.2) is 0 Å². The summed E-state index contributed by atoms with van der Waals surface area (Å²) in [5, 5.41) is 0. The number of fused-ring (bicyclic) bond motifs is 1. The van der Waals surface area contributed by atoms with Crippen molar-refractivity contribution in [2.75, 3.05) is 19.6 Å². The summed E-state index contributed by atoms with van der Waals surface area (Å²) in [6.45, 7) is 3.59. The summed E-state index contributed by atoms with van der Waals surface area (Å²) in [6, 6.07) is 0.905. The van der Waals surface area contributed by atoms with Crippen LogP contribution >= 0.6 is 0 Å². The number of nitrogens with two attached hydrogens (primary N) is 1. The van der Waals surface area contributed by atoms with Crippen LogP contribution in [0.1, 0.15) is 32.1 Å². The minimum atomic E-state index is 0.884. The number of piperidine rings is 1. The molecule has 0 aromatic rings. The lowest BCUT2D eigenvalue weighted by Crippen LogP contribution is -2.41. The summed E-state index contributed by atoms with van der Waals surface area (Å²) >= 11 is 0. The highest BCUT2D eigenvalue weighted by atomic mass is 15.2. The lowest BCUT2D eigenvalue weighted by molar-refractivity contribution is 0.129. The van der Waals surface area contributed by atoms with Crippen molar-refractivity contribution in [1.82, 2.24) is 4.90 Å². The van der Waals surface area contributed by atoms with Gasteiger partial charge in [0.1, 0.15) is 0 Å². The monoisotopic (exact) mass is 168 g/mol. The van der Waals surface area contributed by atoms with Crippen LogP contribution in [-0.2, 0) is 0 Å². The molecule has 0 aromatic heterocycles. The molecule has 2 aliphatic rings. The third-order valence-electron chi connectivity index (χ3n) is 3.52. The summed E-state index contributed by atoms with van der Waals surface area (Å²) in [6.07, 6.45) is 6.94. The van der Waals surface area contributed by atoms with Gasteiger partial charge in [0.05, 0.1) is 0 Å². The van der Waals surface area contributed by atoms with Crippen molar-refractivity contribution in [3.05, 3.63) is 0 Å². The first-order valence-corrected chi connectivity index (χ1v) is 5.36. The van der Waals surface area contributed by atoms with Crippen molar-refractivity contribution in [2.45, 2.75) is 38.1 Å². The standard InChI is InChI=1S/C10H20N2/c11-6-5-9-3-1-7-12-8-2-4-10(9)12/h9-10H,1-8,11H2. The first-order chi connectivity index (χ1) is 5.92. The molecule has 12 heavy (non-hydrogen) atoms. The second-order valence-electron chi connectivity index (χ2n) is 4.23. The molecule has 2 saturated heterocycles. The maximum Gasteiger partial charge on any atom is 0.0124 e. The lowest BCUT2D eigenvalue weighted by Gasteiger charge is -2.36. The van der Waals surface area contributed by atoms with Crippen molar-refractivity contribution >= 4 is 0 Å². The van der Waals surface area contributed by atoms with E-state index in [1.165, 1.54) is 45.2 Å². The predicted molar refractivity (Wildman–Crippen MR) is 51.0 cm³/mol. The molecule has 2 unspecified atom stereocenters. The van der Waals surface area contributed by atoms with Gasteiger partial charge in [0.2, 0.25) is 0 Å². The van der Waals surface area contributed by atoms with Crippen LogP contribution in [-0.4, -0.2) is 30.6 Å². The molecule has 0 aromatic carbocycles. The van der Waals surface area contributed by atoms with Gasteiger partial charge in [-0.3, -0.25) is 0 Å². The van der Waals surface area contributed by atoms with Crippen LogP contribution in [0, 0.1) is 5.92 Å². The maximum atomic E-state index is 5.62. The third-order valence-corrected chi connectivity index (χ3v) is 3.52. The van der Waals surface area contributed by atoms with Crippen molar-refractivity contribution in [3.8, 4) is 0 Å².